The minimum absolute atomic E-state index is 0.152. The van der Waals surface area contributed by atoms with Crippen molar-refractivity contribution in [3.05, 3.63) is 28.8 Å². The third-order valence-electron chi connectivity index (χ3n) is 3.55. The summed E-state index contributed by atoms with van der Waals surface area (Å²) in [5.74, 6) is -0.687. The minimum Gasteiger partial charge on any atom is -0.324 e. The van der Waals surface area contributed by atoms with Gasteiger partial charge in [0.05, 0.1) is 11.8 Å². The van der Waals surface area contributed by atoms with Gasteiger partial charge in [0.2, 0.25) is 5.91 Å². The van der Waals surface area contributed by atoms with Crippen LogP contribution in [0.5, 0.6) is 0 Å². The number of unbranched alkanes of at least 4 members (excludes halogenated alkanes) is 1. The molecule has 1 amide bonds. The van der Waals surface area contributed by atoms with Crippen molar-refractivity contribution >= 4 is 21.4 Å². The standard InChI is InChI=1S/C16H22N2O3S/c1-11-9-12(2)15(13(3)10-11)18-16(19)14(4)22(20,21)8-6-5-7-17/h9-10,14H,5-6,8H2,1-4H3,(H,18,19). The second-order valence-corrected chi connectivity index (χ2v) is 7.97. The summed E-state index contributed by atoms with van der Waals surface area (Å²) in [5, 5.41) is 10.1. The summed E-state index contributed by atoms with van der Waals surface area (Å²) >= 11 is 0. The predicted molar refractivity (Wildman–Crippen MR) is 87.4 cm³/mol. The van der Waals surface area contributed by atoms with Crippen LogP contribution in [-0.4, -0.2) is 25.3 Å². The molecule has 1 unspecified atom stereocenters. The second kappa shape index (κ2) is 7.41. The number of aryl methyl sites for hydroxylation is 3. The maximum Gasteiger partial charge on any atom is 0.242 e. The SMILES string of the molecule is Cc1cc(C)c(NC(=O)C(C)S(=O)(=O)CCCC#N)c(C)c1. The number of sulfone groups is 1. The zero-order valence-electron chi connectivity index (χ0n) is 13.4. The van der Waals surface area contributed by atoms with E-state index in [9.17, 15) is 13.2 Å². The molecule has 1 rings (SSSR count). The summed E-state index contributed by atoms with van der Waals surface area (Å²) in [7, 11) is -3.55. The quantitative estimate of drug-likeness (QED) is 0.816. The van der Waals surface area contributed by atoms with Crippen molar-refractivity contribution in [3.63, 3.8) is 0 Å². The summed E-state index contributed by atoms with van der Waals surface area (Å²) in [6, 6.07) is 5.78. The summed E-state index contributed by atoms with van der Waals surface area (Å²) < 4.78 is 24.2. The highest BCUT2D eigenvalue weighted by Crippen LogP contribution is 2.22. The molecule has 0 aromatic heterocycles. The molecule has 0 saturated carbocycles. The van der Waals surface area contributed by atoms with Gasteiger partial charge in [0.1, 0.15) is 5.25 Å². The molecule has 1 aromatic carbocycles. The van der Waals surface area contributed by atoms with Crippen LogP contribution in [0.25, 0.3) is 0 Å². The largest absolute Gasteiger partial charge is 0.324 e. The highest BCUT2D eigenvalue weighted by Gasteiger charge is 2.28. The van der Waals surface area contributed by atoms with Gasteiger partial charge in [-0.2, -0.15) is 5.26 Å². The number of rotatable bonds is 6. The molecule has 0 radical (unpaired) electrons. The molecule has 0 aliphatic heterocycles. The molecular weight excluding hydrogens is 300 g/mol. The number of nitrogens with one attached hydrogen (secondary N) is 1. The number of nitriles is 1. The first kappa shape index (κ1) is 18.2. The van der Waals surface area contributed by atoms with E-state index in [1.54, 1.807) is 0 Å². The molecule has 22 heavy (non-hydrogen) atoms. The number of anilines is 1. The van der Waals surface area contributed by atoms with E-state index in [0.29, 0.717) is 5.69 Å². The highest BCUT2D eigenvalue weighted by atomic mass is 32.2. The molecule has 0 aliphatic carbocycles. The van der Waals surface area contributed by atoms with Crippen molar-refractivity contribution in [1.29, 1.82) is 5.26 Å². The van der Waals surface area contributed by atoms with Gasteiger partial charge >= 0.3 is 0 Å². The van der Waals surface area contributed by atoms with Gasteiger partial charge in [0.25, 0.3) is 0 Å². The monoisotopic (exact) mass is 322 g/mol. The maximum absolute atomic E-state index is 12.2. The van der Waals surface area contributed by atoms with Crippen LogP contribution < -0.4 is 5.32 Å². The first-order chi connectivity index (χ1) is 10.2. The number of amides is 1. The lowest BCUT2D eigenvalue weighted by molar-refractivity contribution is -0.115. The van der Waals surface area contributed by atoms with Gasteiger partial charge in [0.15, 0.2) is 9.84 Å². The normalized spacial score (nSPS) is 12.5. The lowest BCUT2D eigenvalue weighted by Crippen LogP contribution is -2.34. The van der Waals surface area contributed by atoms with E-state index < -0.39 is 21.0 Å². The lowest BCUT2D eigenvalue weighted by atomic mass is 10.1. The van der Waals surface area contributed by atoms with Crippen molar-refractivity contribution in [3.8, 4) is 6.07 Å². The molecule has 6 heteroatoms. The van der Waals surface area contributed by atoms with E-state index in [1.807, 2.05) is 39.0 Å². The van der Waals surface area contributed by atoms with Gasteiger partial charge in [-0.15, -0.1) is 0 Å². The molecule has 1 N–H and O–H groups in total. The molecular formula is C16H22N2O3S. The van der Waals surface area contributed by atoms with E-state index in [4.69, 9.17) is 5.26 Å². The lowest BCUT2D eigenvalue weighted by Gasteiger charge is -2.16. The van der Waals surface area contributed by atoms with Gasteiger partial charge < -0.3 is 5.32 Å². The topological polar surface area (TPSA) is 87.0 Å². The Morgan fingerprint density at radius 3 is 2.32 bits per heavy atom. The van der Waals surface area contributed by atoms with Crippen LogP contribution >= 0.6 is 0 Å². The Balaban J connectivity index is 2.87. The number of benzene rings is 1. The molecule has 120 valence electrons. The van der Waals surface area contributed by atoms with Crippen molar-refractivity contribution in [2.24, 2.45) is 0 Å². The van der Waals surface area contributed by atoms with Crippen LogP contribution in [0.2, 0.25) is 0 Å². The molecule has 1 atom stereocenters. The molecule has 0 bridgehead atoms. The van der Waals surface area contributed by atoms with Gasteiger partial charge in [-0.3, -0.25) is 4.79 Å². The summed E-state index contributed by atoms with van der Waals surface area (Å²) in [6.45, 7) is 7.10. The predicted octanol–water partition coefficient (Wildman–Crippen LogP) is 2.66. The average Bonchev–Trinajstić information content (AvgIpc) is 2.41. The van der Waals surface area contributed by atoms with E-state index in [-0.39, 0.29) is 18.6 Å². The van der Waals surface area contributed by atoms with Gasteiger partial charge in [-0.25, -0.2) is 8.42 Å². The molecule has 5 nitrogen and oxygen atoms in total. The molecule has 0 aliphatic rings. The number of carbonyl (C=O) groups excluding carboxylic acids is 1. The minimum atomic E-state index is -3.55. The van der Waals surface area contributed by atoms with Gasteiger partial charge in [-0.1, -0.05) is 17.7 Å². The van der Waals surface area contributed by atoms with E-state index >= 15 is 0 Å². The van der Waals surface area contributed by atoms with Crippen LogP contribution in [0.15, 0.2) is 12.1 Å². The second-order valence-electron chi connectivity index (χ2n) is 5.53. The smallest absolute Gasteiger partial charge is 0.242 e. The third kappa shape index (κ3) is 4.57. The maximum atomic E-state index is 12.2. The Labute approximate surface area is 132 Å². The van der Waals surface area contributed by atoms with Crippen LogP contribution in [-0.2, 0) is 14.6 Å². The fraction of sp³-hybridized carbons (Fsp3) is 0.500. The van der Waals surface area contributed by atoms with Crippen LogP contribution in [0, 0.1) is 32.1 Å². The Hall–Kier alpha value is -1.87. The first-order valence-corrected chi connectivity index (χ1v) is 8.88. The summed E-state index contributed by atoms with van der Waals surface area (Å²) in [6.07, 6.45) is 0.419. The Morgan fingerprint density at radius 2 is 1.82 bits per heavy atom. The molecule has 1 aromatic rings. The summed E-state index contributed by atoms with van der Waals surface area (Å²) in [4.78, 5) is 12.2. The fourth-order valence-electron chi connectivity index (χ4n) is 2.29. The van der Waals surface area contributed by atoms with Crippen molar-refractivity contribution in [1.82, 2.24) is 0 Å². The number of carbonyl (C=O) groups is 1. The Kier molecular flexibility index (Phi) is 6.12. The first-order valence-electron chi connectivity index (χ1n) is 7.16. The fourth-order valence-corrected chi connectivity index (χ4v) is 3.58. The average molecular weight is 322 g/mol. The van der Waals surface area contributed by atoms with Gasteiger partial charge in [0, 0.05) is 12.1 Å². The van der Waals surface area contributed by atoms with Crippen molar-refractivity contribution < 1.29 is 13.2 Å². The zero-order chi connectivity index (χ0) is 16.9. The third-order valence-corrected chi connectivity index (χ3v) is 5.70. The van der Waals surface area contributed by atoms with Gasteiger partial charge in [-0.05, 0) is 45.2 Å². The van der Waals surface area contributed by atoms with Crippen molar-refractivity contribution in [2.45, 2.75) is 45.8 Å². The number of nitrogens with zero attached hydrogens (tertiary/aromatic N) is 1. The van der Waals surface area contributed by atoms with E-state index in [2.05, 4.69) is 5.32 Å². The van der Waals surface area contributed by atoms with Crippen LogP contribution in [0.3, 0.4) is 0 Å². The molecule has 0 heterocycles. The van der Waals surface area contributed by atoms with E-state index in [1.165, 1.54) is 6.92 Å². The molecule has 0 saturated heterocycles. The molecule has 0 spiro atoms. The Bertz CT molecular complexity index is 680. The number of hydrogen-bond acceptors (Lipinski definition) is 4. The number of hydrogen-bond donors (Lipinski definition) is 1. The Morgan fingerprint density at radius 1 is 1.27 bits per heavy atom. The molecule has 0 fully saturated rings. The van der Waals surface area contributed by atoms with Crippen molar-refractivity contribution in [2.75, 3.05) is 11.1 Å². The highest BCUT2D eigenvalue weighted by molar-refractivity contribution is 7.92. The summed E-state index contributed by atoms with van der Waals surface area (Å²) in [5.41, 5.74) is 3.56. The van der Waals surface area contributed by atoms with Crippen LogP contribution in [0.1, 0.15) is 36.5 Å². The zero-order valence-corrected chi connectivity index (χ0v) is 14.3. The van der Waals surface area contributed by atoms with Crippen LogP contribution in [0.4, 0.5) is 5.69 Å². The van der Waals surface area contributed by atoms with E-state index in [0.717, 1.165) is 16.7 Å².